The summed E-state index contributed by atoms with van der Waals surface area (Å²) in [6, 6.07) is -18.4. The summed E-state index contributed by atoms with van der Waals surface area (Å²) >= 11 is 0. The Hall–Kier alpha value is -5.66. The fourth-order valence-electron chi connectivity index (χ4n) is 6.44. The summed E-state index contributed by atoms with van der Waals surface area (Å²) < 4.78 is 224. The fraction of sp³-hybridized carbons (Fsp3) is 0.0667. The second-order valence-electron chi connectivity index (χ2n) is 11.4. The largest absolute Gasteiger partial charge is 0.455 e. The molecule has 0 saturated carbocycles. The molecule has 0 N–H and O–H groups in total. The molecule has 216 valence electrons. The lowest BCUT2D eigenvalue weighted by atomic mass is 9.80. The molecule has 0 amide bonds. The molecule has 0 aliphatic heterocycles. The lowest BCUT2D eigenvalue weighted by Gasteiger charge is -2.23. The van der Waals surface area contributed by atoms with Crippen LogP contribution in [-0.2, 0) is 5.41 Å². The summed E-state index contributed by atoms with van der Waals surface area (Å²) in [7, 11) is 0. The van der Waals surface area contributed by atoms with Crippen LogP contribution in [0.2, 0.25) is 0 Å². The van der Waals surface area contributed by atoms with Crippen LogP contribution in [0.15, 0.2) is 149 Å². The van der Waals surface area contributed by atoms with E-state index in [1.807, 2.05) is 0 Å². The number of fused-ring (bicyclic) bond motifs is 10. The zero-order valence-corrected chi connectivity index (χ0v) is 23.9. The van der Waals surface area contributed by atoms with Crippen LogP contribution in [0.3, 0.4) is 0 Å². The van der Waals surface area contributed by atoms with Gasteiger partial charge in [-0.3, -0.25) is 0 Å². The quantitative estimate of drug-likeness (QED) is 0.177. The van der Waals surface area contributed by atoms with Crippen molar-refractivity contribution in [3.05, 3.63) is 156 Å². The van der Waals surface area contributed by atoms with Gasteiger partial charge in [0, 0.05) is 21.6 Å². The third-order valence-electron chi connectivity index (χ3n) is 8.56. The Labute approximate surface area is 301 Å². The Kier molecular flexibility index (Phi) is 2.32. The van der Waals surface area contributed by atoms with Crippen LogP contribution in [0, 0.1) is 0 Å². The van der Waals surface area contributed by atoms with Gasteiger partial charge in [0.25, 0.3) is 0 Å². The molecule has 1 heteroatoms. The van der Waals surface area contributed by atoms with Gasteiger partial charge in [0.15, 0.2) is 0 Å². The first-order valence-corrected chi connectivity index (χ1v) is 14.2. The van der Waals surface area contributed by atoms with E-state index < -0.39 is 222 Å². The Morgan fingerprint density at radius 3 is 1.74 bits per heavy atom. The smallest absolute Gasteiger partial charge is 0.143 e. The van der Waals surface area contributed by atoms with Gasteiger partial charge in [-0.15, -0.1) is 0 Å². The minimum atomic E-state index is -1.51. The summed E-state index contributed by atoms with van der Waals surface area (Å²) in [5, 5.41) is -4.09. The first-order valence-electron chi connectivity index (χ1n) is 26.2. The van der Waals surface area contributed by atoms with Crippen LogP contribution in [0.1, 0.15) is 57.9 Å². The fourth-order valence-corrected chi connectivity index (χ4v) is 6.44. The van der Waals surface area contributed by atoms with Gasteiger partial charge >= 0.3 is 0 Å². The highest BCUT2D eigenvalue weighted by atomic mass is 16.3. The van der Waals surface area contributed by atoms with Crippen molar-refractivity contribution in [1.82, 2.24) is 0 Å². The van der Waals surface area contributed by atoms with Crippen molar-refractivity contribution in [2.45, 2.75) is 19.3 Å². The summed E-state index contributed by atoms with van der Waals surface area (Å²) in [5.74, 6) is 0. The molecule has 0 atom stereocenters. The molecule has 0 radical (unpaired) electrons. The van der Waals surface area contributed by atoms with Crippen molar-refractivity contribution in [3.8, 4) is 33.4 Å². The molecule has 1 aliphatic rings. The molecule has 0 fully saturated rings. The van der Waals surface area contributed by atoms with E-state index in [1.165, 1.54) is 13.8 Å². The highest BCUT2D eigenvalue weighted by Gasteiger charge is 2.35. The van der Waals surface area contributed by atoms with Crippen molar-refractivity contribution in [2.24, 2.45) is 0 Å². The van der Waals surface area contributed by atoms with E-state index in [2.05, 4.69) is 0 Å². The van der Waals surface area contributed by atoms with Crippen LogP contribution >= 0.6 is 0 Å². The monoisotopic (exact) mass is 610 g/mol. The summed E-state index contributed by atoms with van der Waals surface area (Å²) in [4.78, 5) is 0. The lowest BCUT2D eigenvalue weighted by Crippen LogP contribution is -2.14. The van der Waals surface area contributed by atoms with Crippen molar-refractivity contribution in [3.63, 3.8) is 0 Å². The topological polar surface area (TPSA) is 13.1 Å². The van der Waals surface area contributed by atoms with E-state index in [0.717, 1.165) is 0 Å². The van der Waals surface area contributed by atoms with Gasteiger partial charge in [0.1, 0.15) is 11.2 Å². The Bertz CT molecular complexity index is 4000. The van der Waals surface area contributed by atoms with Crippen LogP contribution in [0.5, 0.6) is 0 Å². The zero-order valence-electron chi connectivity index (χ0n) is 47.9. The molecule has 1 heterocycles. The number of hydrogen-bond donors (Lipinski definition) is 0. The van der Waals surface area contributed by atoms with Gasteiger partial charge in [-0.25, -0.2) is 0 Å². The van der Waals surface area contributed by atoms with Gasteiger partial charge in [-0.1, -0.05) is 135 Å². The Morgan fingerprint density at radius 2 is 1.02 bits per heavy atom. The molecule has 9 aromatic rings. The Morgan fingerprint density at radius 1 is 0.457 bits per heavy atom. The van der Waals surface area contributed by atoms with E-state index in [9.17, 15) is 13.7 Å². The van der Waals surface area contributed by atoms with Gasteiger partial charge < -0.3 is 4.42 Å². The summed E-state index contributed by atoms with van der Waals surface area (Å²) in [6.07, 6.45) is 0. The number of hydrogen-bond acceptors (Lipinski definition) is 1. The maximum atomic E-state index is 9.91. The normalized spacial score (nSPS) is 20.9. The average molecular weight is 611 g/mol. The highest BCUT2D eigenvalue weighted by molar-refractivity contribution is 6.23. The van der Waals surface area contributed by atoms with E-state index >= 15 is 0 Å². The van der Waals surface area contributed by atoms with Gasteiger partial charge in [0.2, 0.25) is 0 Å². The summed E-state index contributed by atoms with van der Waals surface area (Å²) in [6.45, 7) is 3.06. The maximum Gasteiger partial charge on any atom is 0.143 e. The standard InChI is InChI=1S/C45H30O/c1-45(2)39-18-10-9-13-31(39)32-22-20-29(26-40(32)45)43-35-16-7-5-14-33(35)42(34-15-6-8-17-36(34)43)28-21-24-41-38(25-28)37-23-19-27-11-3-4-12-30(27)44(37)46-41/h3-26H,1-2H3/i3D,4D,5D,6D,7D,8D,9D,10D,11D,12D,13D,14D,15D,16D,17D,18D,19D,20D,21D,22D,23D,24D,25D,26D. The van der Waals surface area contributed by atoms with E-state index in [-0.39, 0.29) is 27.6 Å². The van der Waals surface area contributed by atoms with Gasteiger partial charge in [0.05, 0.1) is 32.9 Å². The Balaban J connectivity index is 1.48. The molecule has 0 spiro atoms. The van der Waals surface area contributed by atoms with Crippen LogP contribution in [0.4, 0.5) is 0 Å². The minimum absolute atomic E-state index is 0.00184. The van der Waals surface area contributed by atoms with Crippen molar-refractivity contribution >= 4 is 54.3 Å². The molecule has 10 rings (SSSR count). The van der Waals surface area contributed by atoms with Crippen LogP contribution in [0.25, 0.3) is 87.6 Å². The predicted octanol–water partition coefficient (Wildman–Crippen LogP) is 12.7. The second kappa shape index (κ2) is 9.19. The molecule has 1 aliphatic carbocycles. The summed E-state index contributed by atoms with van der Waals surface area (Å²) in [5.41, 5.74) is -5.37. The van der Waals surface area contributed by atoms with Crippen molar-refractivity contribution in [1.29, 1.82) is 0 Å². The molecule has 1 nitrogen and oxygen atoms in total. The van der Waals surface area contributed by atoms with Gasteiger partial charge in [-0.05, 0) is 95.6 Å². The van der Waals surface area contributed by atoms with Crippen molar-refractivity contribution in [2.75, 3.05) is 0 Å². The maximum absolute atomic E-state index is 9.91. The minimum Gasteiger partial charge on any atom is -0.455 e. The van der Waals surface area contributed by atoms with E-state index in [0.29, 0.717) is 0 Å². The molecule has 0 saturated heterocycles. The lowest BCUT2D eigenvalue weighted by molar-refractivity contribution is 0.660. The third kappa shape index (κ3) is 3.40. The van der Waals surface area contributed by atoms with Gasteiger partial charge in [-0.2, -0.15) is 0 Å². The zero-order chi connectivity index (χ0) is 51.5. The number of furan rings is 1. The molecular weight excluding hydrogens is 556 g/mol. The highest BCUT2D eigenvalue weighted by Crippen LogP contribution is 2.51. The molecule has 0 bridgehead atoms. The van der Waals surface area contributed by atoms with E-state index in [1.54, 1.807) is 0 Å². The predicted molar refractivity (Wildman–Crippen MR) is 195 cm³/mol. The van der Waals surface area contributed by atoms with E-state index in [4.69, 9.17) is 23.6 Å². The van der Waals surface area contributed by atoms with Crippen molar-refractivity contribution < 1.29 is 37.3 Å². The number of rotatable bonds is 2. The SMILES string of the molecule is [2H]c1c([2H])c([2H])c2c(c1[2H])-c1c([2H])c([2H])c(-c3c4c([2H])c([2H])c([2H])c([2H])c4c(-c4c([2H])c([2H])c5oc6c7c([2H])c([2H])c([2H])c([2H])c7c([2H])c([2H])c6c5c4[2H])c4c([2H])c([2H])c([2H])c([2H])c34)c([2H])c1C2(C)C. The first-order chi connectivity index (χ1) is 32.6. The van der Waals surface area contributed by atoms with Crippen LogP contribution in [-0.4, -0.2) is 0 Å². The molecule has 0 unspecified atom stereocenters. The average Bonchev–Trinajstić information content (AvgIpc) is 3.84. The first kappa shape index (κ1) is 11.6. The van der Waals surface area contributed by atoms with Crippen LogP contribution < -0.4 is 0 Å². The second-order valence-corrected chi connectivity index (χ2v) is 11.4. The molecular formula is C45H30O. The molecule has 8 aromatic carbocycles. The molecule has 1 aromatic heterocycles. The number of benzene rings is 8. The third-order valence-corrected chi connectivity index (χ3v) is 8.56. The molecule has 46 heavy (non-hydrogen) atoms.